The van der Waals surface area contributed by atoms with E-state index in [1.165, 1.54) is 6.07 Å². The number of carbonyl (C=O) groups is 2. The van der Waals surface area contributed by atoms with E-state index in [2.05, 4.69) is 6.58 Å². The maximum absolute atomic E-state index is 14.6. The lowest BCUT2D eigenvalue weighted by molar-refractivity contribution is -0.140. The number of carbonyl (C=O) groups excluding carboxylic acids is 2. The molecule has 0 amide bonds. The number of esters is 1. The van der Waals surface area contributed by atoms with Gasteiger partial charge in [0.05, 0.1) is 13.2 Å². The van der Waals surface area contributed by atoms with Crippen molar-refractivity contribution in [3.63, 3.8) is 0 Å². The molecule has 0 aliphatic heterocycles. The van der Waals surface area contributed by atoms with Crippen molar-refractivity contribution in [3.8, 4) is 16.9 Å². The molecule has 5 nitrogen and oxygen atoms in total. The van der Waals surface area contributed by atoms with Gasteiger partial charge in [0.15, 0.2) is 0 Å². The molecule has 0 bridgehead atoms. The van der Waals surface area contributed by atoms with Gasteiger partial charge in [0.2, 0.25) is 0 Å². The van der Waals surface area contributed by atoms with Gasteiger partial charge >= 0.3 is 5.97 Å². The number of rotatable bonds is 10. The predicted molar refractivity (Wildman–Crippen MR) is 103 cm³/mol. The molecule has 2 aromatic carbocycles. The van der Waals surface area contributed by atoms with Gasteiger partial charge in [0, 0.05) is 24.2 Å². The van der Waals surface area contributed by atoms with Crippen molar-refractivity contribution in [2.75, 3.05) is 20.3 Å². The monoisotopic (exact) mass is 386 g/mol. The molecule has 1 unspecified atom stereocenters. The fourth-order valence-corrected chi connectivity index (χ4v) is 2.74. The van der Waals surface area contributed by atoms with Crippen LogP contribution in [-0.2, 0) is 25.5 Å². The van der Waals surface area contributed by atoms with Crippen molar-refractivity contribution < 1.29 is 28.2 Å². The highest BCUT2D eigenvalue weighted by Crippen LogP contribution is 2.26. The van der Waals surface area contributed by atoms with Crippen LogP contribution < -0.4 is 4.74 Å². The van der Waals surface area contributed by atoms with Crippen molar-refractivity contribution in [2.45, 2.75) is 13.3 Å². The van der Waals surface area contributed by atoms with Crippen molar-refractivity contribution in [1.29, 1.82) is 0 Å². The lowest BCUT2D eigenvalue weighted by Gasteiger charge is -2.17. The molecule has 0 radical (unpaired) electrons. The van der Waals surface area contributed by atoms with Crippen molar-refractivity contribution in [1.82, 2.24) is 0 Å². The zero-order valence-electron chi connectivity index (χ0n) is 15.9. The summed E-state index contributed by atoms with van der Waals surface area (Å²) < 4.78 is 29.7. The summed E-state index contributed by atoms with van der Waals surface area (Å²) in [6.07, 6.45) is 0.501. The van der Waals surface area contributed by atoms with Crippen LogP contribution in [0, 0.1) is 11.7 Å². The number of halogens is 1. The minimum absolute atomic E-state index is 0.0988. The van der Waals surface area contributed by atoms with E-state index in [0.29, 0.717) is 41.9 Å². The summed E-state index contributed by atoms with van der Waals surface area (Å²) in [5, 5.41) is 0. The van der Waals surface area contributed by atoms with Crippen LogP contribution in [0.5, 0.6) is 5.75 Å². The highest BCUT2D eigenvalue weighted by Gasteiger charge is 2.15. The molecule has 0 fully saturated rings. The average molecular weight is 386 g/mol. The summed E-state index contributed by atoms with van der Waals surface area (Å²) in [5.41, 5.74) is 2.22. The smallest absolute Gasteiger partial charge is 0.333 e. The van der Waals surface area contributed by atoms with E-state index in [1.54, 1.807) is 44.4 Å². The Morgan fingerprint density at radius 1 is 1.18 bits per heavy atom. The Morgan fingerprint density at radius 3 is 2.46 bits per heavy atom. The van der Waals surface area contributed by atoms with Crippen LogP contribution in [0.4, 0.5) is 4.39 Å². The third-order valence-corrected chi connectivity index (χ3v) is 4.11. The van der Waals surface area contributed by atoms with Gasteiger partial charge in [-0.15, -0.1) is 0 Å². The molecule has 2 aromatic rings. The maximum Gasteiger partial charge on any atom is 0.333 e. The SMILES string of the molecule is C=C(C)C(=O)OCC(COC)Cc1ccc(-c2ccc(OC=O)cc2)c(F)c1. The molecule has 0 aliphatic rings. The van der Waals surface area contributed by atoms with Crippen LogP contribution in [0.2, 0.25) is 0 Å². The average Bonchev–Trinajstić information content (AvgIpc) is 2.67. The van der Waals surface area contributed by atoms with Gasteiger partial charge in [-0.1, -0.05) is 30.8 Å². The van der Waals surface area contributed by atoms with Gasteiger partial charge in [0.1, 0.15) is 11.6 Å². The van der Waals surface area contributed by atoms with Crippen LogP contribution in [0.15, 0.2) is 54.6 Å². The van der Waals surface area contributed by atoms with Gasteiger partial charge in [-0.25, -0.2) is 9.18 Å². The van der Waals surface area contributed by atoms with E-state index in [-0.39, 0.29) is 18.3 Å². The minimum Gasteiger partial charge on any atom is -0.462 e. The summed E-state index contributed by atoms with van der Waals surface area (Å²) in [6, 6.07) is 11.6. The third-order valence-electron chi connectivity index (χ3n) is 4.11. The van der Waals surface area contributed by atoms with E-state index in [0.717, 1.165) is 5.56 Å². The number of hydrogen-bond donors (Lipinski definition) is 0. The Balaban J connectivity index is 2.09. The van der Waals surface area contributed by atoms with Crippen LogP contribution in [0.3, 0.4) is 0 Å². The maximum atomic E-state index is 14.6. The molecular weight excluding hydrogens is 363 g/mol. The molecule has 28 heavy (non-hydrogen) atoms. The number of benzene rings is 2. The highest BCUT2D eigenvalue weighted by atomic mass is 19.1. The Morgan fingerprint density at radius 2 is 1.89 bits per heavy atom. The largest absolute Gasteiger partial charge is 0.462 e. The van der Waals surface area contributed by atoms with Crippen LogP contribution in [0.25, 0.3) is 11.1 Å². The first-order valence-electron chi connectivity index (χ1n) is 8.75. The van der Waals surface area contributed by atoms with Gasteiger partial charge in [0.25, 0.3) is 6.47 Å². The molecule has 2 rings (SSSR count). The molecule has 0 N–H and O–H groups in total. The fraction of sp³-hybridized carbons (Fsp3) is 0.273. The lowest BCUT2D eigenvalue weighted by atomic mass is 9.97. The molecule has 1 atom stereocenters. The molecule has 148 valence electrons. The van der Waals surface area contributed by atoms with Crippen molar-refractivity contribution >= 4 is 12.4 Å². The van der Waals surface area contributed by atoms with E-state index < -0.39 is 5.97 Å². The molecule has 0 saturated heterocycles. The third kappa shape index (κ3) is 6.03. The van der Waals surface area contributed by atoms with Gasteiger partial charge in [-0.3, -0.25) is 4.79 Å². The second-order valence-electron chi connectivity index (χ2n) is 6.46. The van der Waals surface area contributed by atoms with Gasteiger partial charge in [-0.05, 0) is 42.7 Å². The predicted octanol–water partition coefficient (Wildman–Crippen LogP) is 3.95. The van der Waals surface area contributed by atoms with E-state index >= 15 is 0 Å². The van der Waals surface area contributed by atoms with E-state index in [1.807, 2.05) is 6.07 Å². The molecule has 0 saturated carbocycles. The Kier molecular flexibility index (Phi) is 7.89. The lowest BCUT2D eigenvalue weighted by Crippen LogP contribution is -2.21. The first kappa shape index (κ1) is 21.3. The Hall–Kier alpha value is -2.99. The standard InChI is InChI=1S/C22H23FO5/c1-15(2)22(25)27-13-17(12-26-3)10-16-4-9-20(21(23)11-16)18-5-7-19(8-6-18)28-14-24/h4-9,11,14,17H,1,10,12-13H2,2-3H3. The topological polar surface area (TPSA) is 61.8 Å². The fourth-order valence-electron chi connectivity index (χ4n) is 2.74. The van der Waals surface area contributed by atoms with Crippen molar-refractivity contribution in [2.24, 2.45) is 5.92 Å². The minimum atomic E-state index is -0.454. The second-order valence-corrected chi connectivity index (χ2v) is 6.46. The quantitative estimate of drug-likeness (QED) is 0.351. The van der Waals surface area contributed by atoms with Crippen molar-refractivity contribution in [3.05, 3.63) is 66.0 Å². The molecule has 6 heteroatoms. The molecule has 0 spiro atoms. The van der Waals surface area contributed by atoms with E-state index in [9.17, 15) is 14.0 Å². The molecular formula is C22H23FO5. The molecule has 0 aromatic heterocycles. The summed E-state index contributed by atoms with van der Waals surface area (Å²) in [5.74, 6) is -0.526. The highest BCUT2D eigenvalue weighted by molar-refractivity contribution is 5.86. The zero-order valence-corrected chi connectivity index (χ0v) is 15.9. The molecule has 0 aliphatic carbocycles. The summed E-state index contributed by atoms with van der Waals surface area (Å²) in [4.78, 5) is 21.9. The molecule has 0 heterocycles. The number of ether oxygens (including phenoxy) is 3. The Labute approximate surface area is 163 Å². The van der Waals surface area contributed by atoms with Gasteiger partial charge < -0.3 is 14.2 Å². The summed E-state index contributed by atoms with van der Waals surface area (Å²) >= 11 is 0. The van der Waals surface area contributed by atoms with E-state index in [4.69, 9.17) is 14.2 Å². The normalized spacial score (nSPS) is 11.5. The Bertz CT molecular complexity index is 829. The first-order valence-corrected chi connectivity index (χ1v) is 8.75. The van der Waals surface area contributed by atoms with Gasteiger partial charge in [-0.2, -0.15) is 0 Å². The zero-order chi connectivity index (χ0) is 20.5. The van der Waals surface area contributed by atoms with Crippen LogP contribution in [0.1, 0.15) is 12.5 Å². The summed E-state index contributed by atoms with van der Waals surface area (Å²) in [7, 11) is 1.56. The second kappa shape index (κ2) is 10.4. The number of hydrogen-bond acceptors (Lipinski definition) is 5. The number of methoxy groups -OCH3 is 1. The van der Waals surface area contributed by atoms with Crippen LogP contribution in [-0.4, -0.2) is 32.8 Å². The van der Waals surface area contributed by atoms with Crippen LogP contribution >= 0.6 is 0 Å². The summed E-state index contributed by atoms with van der Waals surface area (Å²) in [6.45, 7) is 6.02. The first-order chi connectivity index (χ1) is 13.4.